The maximum Gasteiger partial charge on any atom is 0.459 e. The standard InChI is InChI=1S/C25H25ClF5N3O2S/c1-2-15-37(35,36)33-13-11-18(12-14-33)17-7-9-19(10-8-17)22-16-23(24(27,28)25(29,30)31)32-34(22)21-6-4-3-5-20(21)26/h3-11,22H,2,12-16H2,1H3. The number of rotatable bonds is 7. The summed E-state index contributed by atoms with van der Waals surface area (Å²) in [5, 5.41) is 4.98. The molecule has 2 aromatic rings. The minimum atomic E-state index is -5.78. The van der Waals surface area contributed by atoms with Crippen molar-refractivity contribution in [2.24, 2.45) is 5.10 Å². The smallest absolute Gasteiger partial charge is 0.256 e. The fraction of sp³-hybridized carbons (Fsp3) is 0.400. The number of nitrogens with zero attached hydrogens (tertiary/aromatic N) is 3. The number of hydrazone groups is 1. The van der Waals surface area contributed by atoms with Crippen LogP contribution >= 0.6 is 11.6 Å². The van der Waals surface area contributed by atoms with Crippen molar-refractivity contribution in [3.63, 3.8) is 0 Å². The van der Waals surface area contributed by atoms with Gasteiger partial charge in [0.2, 0.25) is 10.0 Å². The molecule has 0 fully saturated rings. The molecule has 0 aliphatic carbocycles. The number of benzene rings is 2. The topological polar surface area (TPSA) is 53.0 Å². The lowest BCUT2D eigenvalue weighted by atomic mass is 9.94. The van der Waals surface area contributed by atoms with E-state index < -0.39 is 40.3 Å². The van der Waals surface area contributed by atoms with Crippen LogP contribution in [0, 0.1) is 0 Å². The third kappa shape index (κ3) is 5.53. The molecule has 1 unspecified atom stereocenters. The van der Waals surface area contributed by atoms with Crippen molar-refractivity contribution in [3.05, 3.63) is 70.8 Å². The van der Waals surface area contributed by atoms with Crippen molar-refractivity contribution in [1.82, 2.24) is 4.31 Å². The van der Waals surface area contributed by atoms with Crippen LogP contribution in [0.25, 0.3) is 5.57 Å². The number of sulfonamides is 1. The molecule has 2 aromatic carbocycles. The minimum Gasteiger partial charge on any atom is -0.256 e. The highest BCUT2D eigenvalue weighted by Gasteiger charge is 2.62. The highest BCUT2D eigenvalue weighted by Crippen LogP contribution is 2.45. The predicted octanol–water partition coefficient (Wildman–Crippen LogP) is 6.67. The van der Waals surface area contributed by atoms with Crippen molar-refractivity contribution in [3.8, 4) is 0 Å². The molecule has 5 nitrogen and oxygen atoms in total. The van der Waals surface area contributed by atoms with Crippen LogP contribution in [0.1, 0.15) is 43.4 Å². The molecule has 12 heteroatoms. The quantitative estimate of drug-likeness (QED) is 0.355. The highest BCUT2D eigenvalue weighted by molar-refractivity contribution is 7.89. The van der Waals surface area contributed by atoms with E-state index in [9.17, 15) is 30.4 Å². The molecule has 0 radical (unpaired) electrons. The van der Waals surface area contributed by atoms with Crippen LogP contribution in [0.2, 0.25) is 5.02 Å². The van der Waals surface area contributed by atoms with Gasteiger partial charge in [0.05, 0.1) is 22.5 Å². The van der Waals surface area contributed by atoms with Gasteiger partial charge in [-0.1, -0.05) is 61.0 Å². The van der Waals surface area contributed by atoms with Gasteiger partial charge in [0.25, 0.3) is 0 Å². The predicted molar refractivity (Wildman–Crippen MR) is 134 cm³/mol. The fourth-order valence-corrected chi connectivity index (χ4v) is 6.12. The molecule has 0 spiro atoms. The van der Waals surface area contributed by atoms with Crippen LogP contribution < -0.4 is 5.01 Å². The lowest BCUT2D eigenvalue weighted by Crippen LogP contribution is -2.43. The maximum atomic E-state index is 14.2. The zero-order chi connectivity index (χ0) is 27.0. The Hall–Kier alpha value is -2.50. The maximum absolute atomic E-state index is 14.2. The lowest BCUT2D eigenvalue weighted by Gasteiger charge is -2.27. The summed E-state index contributed by atoms with van der Waals surface area (Å²) in [6, 6.07) is 12.1. The average molecular weight is 562 g/mol. The number of alkyl halides is 5. The van der Waals surface area contributed by atoms with E-state index in [-0.39, 0.29) is 23.0 Å². The molecule has 4 rings (SSSR count). The van der Waals surface area contributed by atoms with E-state index in [2.05, 4.69) is 5.10 Å². The Morgan fingerprint density at radius 2 is 1.73 bits per heavy atom. The highest BCUT2D eigenvalue weighted by atomic mass is 35.5. The Morgan fingerprint density at radius 1 is 1.05 bits per heavy atom. The summed E-state index contributed by atoms with van der Waals surface area (Å²) < 4.78 is 93.8. The van der Waals surface area contributed by atoms with Gasteiger partial charge in [-0.25, -0.2) is 8.42 Å². The average Bonchev–Trinajstić information content (AvgIpc) is 3.30. The third-order valence-corrected chi connectivity index (χ3v) is 8.78. The van der Waals surface area contributed by atoms with Gasteiger partial charge in [-0.15, -0.1) is 0 Å². The van der Waals surface area contributed by atoms with E-state index in [1.807, 2.05) is 6.08 Å². The van der Waals surface area contributed by atoms with Crippen LogP contribution in [-0.2, 0) is 10.0 Å². The van der Waals surface area contributed by atoms with Gasteiger partial charge in [-0.05, 0) is 41.7 Å². The van der Waals surface area contributed by atoms with Crippen molar-refractivity contribution < 1.29 is 30.4 Å². The van der Waals surface area contributed by atoms with Gasteiger partial charge in [-0.3, -0.25) is 5.01 Å². The van der Waals surface area contributed by atoms with Gasteiger partial charge in [0, 0.05) is 19.5 Å². The molecule has 200 valence electrons. The second-order valence-corrected chi connectivity index (χ2v) is 11.4. The van der Waals surface area contributed by atoms with E-state index in [1.165, 1.54) is 16.4 Å². The summed E-state index contributed by atoms with van der Waals surface area (Å²) in [6.45, 7) is 2.41. The molecule has 0 saturated heterocycles. The molecule has 0 amide bonds. The molecule has 0 bridgehead atoms. The van der Waals surface area contributed by atoms with Gasteiger partial charge in [0.15, 0.2) is 0 Å². The van der Waals surface area contributed by atoms with Crippen molar-refractivity contribution in [2.75, 3.05) is 23.9 Å². The van der Waals surface area contributed by atoms with Crippen molar-refractivity contribution in [2.45, 2.75) is 44.3 Å². The molecule has 0 saturated carbocycles. The Kier molecular flexibility index (Phi) is 7.69. The SMILES string of the molecule is CCCS(=O)(=O)N1CC=C(c2ccc(C3CC(C(F)(F)C(F)(F)F)=NN3c3ccccc3Cl)cc2)CC1. The van der Waals surface area contributed by atoms with Crippen molar-refractivity contribution >= 4 is 38.6 Å². The first-order valence-corrected chi connectivity index (χ1v) is 13.7. The first-order valence-electron chi connectivity index (χ1n) is 11.7. The van der Waals surface area contributed by atoms with E-state index in [0.717, 1.165) is 16.1 Å². The number of anilines is 1. The molecular formula is C25H25ClF5N3O2S. The van der Waals surface area contributed by atoms with Gasteiger partial charge < -0.3 is 0 Å². The number of hydrogen-bond acceptors (Lipinski definition) is 4. The van der Waals surface area contributed by atoms with Crippen LogP contribution in [0.4, 0.5) is 27.6 Å². The monoisotopic (exact) mass is 561 g/mol. The fourth-order valence-electron chi connectivity index (χ4n) is 4.45. The van der Waals surface area contributed by atoms with E-state index in [4.69, 9.17) is 11.6 Å². The van der Waals surface area contributed by atoms with Crippen LogP contribution in [-0.4, -0.2) is 49.4 Å². The molecule has 0 N–H and O–H groups in total. The van der Waals surface area contributed by atoms with Crippen LogP contribution in [0.3, 0.4) is 0 Å². The Balaban J connectivity index is 1.60. The molecule has 2 aliphatic rings. The summed E-state index contributed by atoms with van der Waals surface area (Å²) in [7, 11) is -3.30. The van der Waals surface area contributed by atoms with E-state index in [1.54, 1.807) is 43.3 Å². The first kappa shape index (κ1) is 27.5. The van der Waals surface area contributed by atoms with Crippen molar-refractivity contribution in [1.29, 1.82) is 0 Å². The molecule has 2 heterocycles. The van der Waals surface area contributed by atoms with E-state index in [0.29, 0.717) is 24.9 Å². The second kappa shape index (κ2) is 10.3. The summed E-state index contributed by atoms with van der Waals surface area (Å²) in [5.74, 6) is -5.00. The summed E-state index contributed by atoms with van der Waals surface area (Å²) in [6.07, 6.45) is -3.54. The largest absolute Gasteiger partial charge is 0.459 e. The zero-order valence-electron chi connectivity index (χ0n) is 19.9. The second-order valence-electron chi connectivity index (χ2n) is 8.91. The molecule has 2 aliphatic heterocycles. The van der Waals surface area contributed by atoms with Gasteiger partial charge in [-0.2, -0.15) is 31.4 Å². The lowest BCUT2D eigenvalue weighted by molar-refractivity contribution is -0.249. The summed E-state index contributed by atoms with van der Waals surface area (Å²) in [4.78, 5) is 0. The molecular weight excluding hydrogens is 537 g/mol. The van der Waals surface area contributed by atoms with Crippen LogP contribution in [0.5, 0.6) is 0 Å². The Labute approximate surface area is 217 Å². The summed E-state index contributed by atoms with van der Waals surface area (Å²) >= 11 is 6.22. The van der Waals surface area contributed by atoms with Crippen LogP contribution in [0.15, 0.2) is 59.7 Å². The molecule has 1 atom stereocenters. The molecule has 0 aromatic heterocycles. The third-order valence-electron chi connectivity index (χ3n) is 6.42. The number of para-hydroxylation sites is 1. The zero-order valence-corrected chi connectivity index (χ0v) is 21.4. The normalized spacial score (nSPS) is 19.6. The number of hydrogen-bond donors (Lipinski definition) is 0. The van der Waals surface area contributed by atoms with E-state index >= 15 is 0 Å². The molecule has 37 heavy (non-hydrogen) atoms. The minimum absolute atomic E-state index is 0.0889. The van der Waals surface area contributed by atoms with Gasteiger partial charge >= 0.3 is 12.1 Å². The number of halogens is 6. The van der Waals surface area contributed by atoms with Gasteiger partial charge in [0.1, 0.15) is 5.71 Å². The first-order chi connectivity index (χ1) is 17.3. The Bertz CT molecular complexity index is 1310. The Morgan fingerprint density at radius 3 is 2.30 bits per heavy atom. The summed E-state index contributed by atoms with van der Waals surface area (Å²) in [5.41, 5.74) is 1.18.